The van der Waals surface area contributed by atoms with Gasteiger partial charge < -0.3 is 15.1 Å². The van der Waals surface area contributed by atoms with Crippen LogP contribution in [0.25, 0.3) is 0 Å². The van der Waals surface area contributed by atoms with Gasteiger partial charge in [0.25, 0.3) is 0 Å². The number of rotatable bonds is 6. The fourth-order valence-corrected chi connectivity index (χ4v) is 3.95. The molecular formula is C21H33IN4O. The SMILES string of the molecule is CCNC(=NCCC(=O)N1CCCC1)N1CCC(Cc2ccccc2)C1.I. The average molecular weight is 484 g/mol. The number of likely N-dealkylation sites (tertiary alicyclic amines) is 2. The zero-order valence-corrected chi connectivity index (χ0v) is 18.7. The van der Waals surface area contributed by atoms with Gasteiger partial charge in [-0.1, -0.05) is 30.3 Å². The Morgan fingerprint density at radius 1 is 1.15 bits per heavy atom. The molecule has 0 radical (unpaired) electrons. The van der Waals surface area contributed by atoms with Gasteiger partial charge in [-0.25, -0.2) is 0 Å². The van der Waals surface area contributed by atoms with Crippen LogP contribution in [-0.2, 0) is 11.2 Å². The van der Waals surface area contributed by atoms with Crippen molar-refractivity contribution in [2.75, 3.05) is 39.3 Å². The maximum Gasteiger partial charge on any atom is 0.224 e. The first-order valence-corrected chi connectivity index (χ1v) is 10.1. The Morgan fingerprint density at radius 3 is 2.59 bits per heavy atom. The van der Waals surface area contributed by atoms with Gasteiger partial charge in [0.15, 0.2) is 5.96 Å². The number of aliphatic imine (C=N–C) groups is 1. The smallest absolute Gasteiger partial charge is 0.224 e. The maximum atomic E-state index is 12.2. The number of hydrogen-bond acceptors (Lipinski definition) is 2. The van der Waals surface area contributed by atoms with Crippen LogP contribution < -0.4 is 5.32 Å². The van der Waals surface area contributed by atoms with E-state index in [4.69, 9.17) is 4.99 Å². The Kier molecular flexibility index (Phi) is 9.38. The number of guanidine groups is 1. The van der Waals surface area contributed by atoms with Crippen LogP contribution in [0.2, 0.25) is 0 Å². The second kappa shape index (κ2) is 11.5. The number of nitrogens with zero attached hydrogens (tertiary/aromatic N) is 3. The van der Waals surface area contributed by atoms with Crippen LogP contribution in [0.4, 0.5) is 0 Å². The lowest BCUT2D eigenvalue weighted by Crippen LogP contribution is -2.40. The van der Waals surface area contributed by atoms with E-state index in [2.05, 4.69) is 47.5 Å². The molecule has 1 unspecified atom stereocenters. The summed E-state index contributed by atoms with van der Waals surface area (Å²) < 4.78 is 0. The third kappa shape index (κ3) is 6.66. The molecule has 3 rings (SSSR count). The molecule has 2 heterocycles. The molecule has 1 aromatic rings. The topological polar surface area (TPSA) is 47.9 Å². The molecule has 5 nitrogen and oxygen atoms in total. The van der Waals surface area contributed by atoms with Crippen molar-refractivity contribution in [3.05, 3.63) is 35.9 Å². The van der Waals surface area contributed by atoms with E-state index in [0.717, 1.165) is 57.9 Å². The van der Waals surface area contributed by atoms with E-state index < -0.39 is 0 Å². The molecule has 1 atom stereocenters. The minimum absolute atomic E-state index is 0. The van der Waals surface area contributed by atoms with Crippen LogP contribution >= 0.6 is 24.0 Å². The van der Waals surface area contributed by atoms with E-state index in [1.807, 2.05) is 4.90 Å². The Hall–Kier alpha value is -1.31. The first-order valence-electron chi connectivity index (χ1n) is 10.1. The molecule has 2 aliphatic heterocycles. The summed E-state index contributed by atoms with van der Waals surface area (Å²) in [6.07, 6.45) is 5.15. The molecule has 2 saturated heterocycles. The number of nitrogens with one attached hydrogen (secondary N) is 1. The lowest BCUT2D eigenvalue weighted by molar-refractivity contribution is -0.129. The summed E-state index contributed by atoms with van der Waals surface area (Å²) in [5.41, 5.74) is 1.41. The Morgan fingerprint density at radius 2 is 1.89 bits per heavy atom. The van der Waals surface area contributed by atoms with Crippen molar-refractivity contribution in [3.63, 3.8) is 0 Å². The van der Waals surface area contributed by atoms with E-state index in [-0.39, 0.29) is 29.9 Å². The second-order valence-electron chi connectivity index (χ2n) is 7.36. The summed E-state index contributed by atoms with van der Waals surface area (Å²) in [7, 11) is 0. The fourth-order valence-electron chi connectivity index (χ4n) is 3.95. The normalized spacial score (nSPS) is 19.9. The summed E-state index contributed by atoms with van der Waals surface area (Å²) in [5, 5.41) is 3.40. The van der Waals surface area contributed by atoms with Crippen molar-refractivity contribution >= 4 is 35.8 Å². The van der Waals surface area contributed by atoms with Crippen molar-refractivity contribution in [1.82, 2.24) is 15.1 Å². The highest BCUT2D eigenvalue weighted by Gasteiger charge is 2.25. The highest BCUT2D eigenvalue weighted by Crippen LogP contribution is 2.21. The van der Waals surface area contributed by atoms with E-state index in [1.54, 1.807) is 0 Å². The van der Waals surface area contributed by atoms with Crippen LogP contribution in [0.15, 0.2) is 35.3 Å². The van der Waals surface area contributed by atoms with Gasteiger partial charge >= 0.3 is 0 Å². The molecule has 2 aliphatic rings. The predicted octanol–water partition coefficient (Wildman–Crippen LogP) is 3.15. The quantitative estimate of drug-likeness (QED) is 0.384. The molecule has 1 N–H and O–H groups in total. The number of benzene rings is 1. The lowest BCUT2D eigenvalue weighted by Gasteiger charge is -2.22. The van der Waals surface area contributed by atoms with Gasteiger partial charge in [-0.2, -0.15) is 0 Å². The molecule has 0 aromatic heterocycles. The highest BCUT2D eigenvalue weighted by molar-refractivity contribution is 14.0. The molecule has 0 spiro atoms. The van der Waals surface area contributed by atoms with Gasteiger partial charge in [-0.05, 0) is 44.1 Å². The van der Waals surface area contributed by atoms with Crippen molar-refractivity contribution in [3.8, 4) is 0 Å². The van der Waals surface area contributed by atoms with Gasteiger partial charge in [0.05, 0.1) is 6.54 Å². The van der Waals surface area contributed by atoms with E-state index in [1.165, 1.54) is 12.0 Å². The summed E-state index contributed by atoms with van der Waals surface area (Å²) in [5.74, 6) is 1.90. The lowest BCUT2D eigenvalue weighted by atomic mass is 9.99. The average Bonchev–Trinajstić information content (AvgIpc) is 3.34. The minimum atomic E-state index is 0. The molecule has 0 saturated carbocycles. The van der Waals surface area contributed by atoms with Crippen LogP contribution in [0.1, 0.15) is 38.2 Å². The summed E-state index contributed by atoms with van der Waals surface area (Å²) in [6, 6.07) is 10.7. The Balaban J connectivity index is 0.00000261. The summed E-state index contributed by atoms with van der Waals surface area (Å²) in [4.78, 5) is 21.3. The van der Waals surface area contributed by atoms with Gasteiger partial charge in [0.2, 0.25) is 5.91 Å². The highest BCUT2D eigenvalue weighted by atomic mass is 127. The van der Waals surface area contributed by atoms with Crippen molar-refractivity contribution in [1.29, 1.82) is 0 Å². The van der Waals surface area contributed by atoms with Gasteiger partial charge in [0.1, 0.15) is 0 Å². The molecule has 150 valence electrons. The maximum absolute atomic E-state index is 12.2. The van der Waals surface area contributed by atoms with E-state index in [0.29, 0.717) is 18.9 Å². The van der Waals surface area contributed by atoms with Gasteiger partial charge in [0, 0.05) is 39.1 Å². The molecule has 6 heteroatoms. The molecule has 0 aliphatic carbocycles. The molecule has 2 fully saturated rings. The van der Waals surface area contributed by atoms with Crippen LogP contribution in [0, 0.1) is 5.92 Å². The number of amides is 1. The van der Waals surface area contributed by atoms with Gasteiger partial charge in [-0.3, -0.25) is 9.79 Å². The number of hydrogen-bond donors (Lipinski definition) is 1. The second-order valence-corrected chi connectivity index (χ2v) is 7.36. The molecular weight excluding hydrogens is 451 g/mol. The minimum Gasteiger partial charge on any atom is -0.357 e. The van der Waals surface area contributed by atoms with Gasteiger partial charge in [-0.15, -0.1) is 24.0 Å². The Bertz CT molecular complexity index is 601. The summed E-state index contributed by atoms with van der Waals surface area (Å²) >= 11 is 0. The largest absolute Gasteiger partial charge is 0.357 e. The first-order chi connectivity index (χ1) is 12.8. The molecule has 1 aromatic carbocycles. The zero-order valence-electron chi connectivity index (χ0n) is 16.4. The van der Waals surface area contributed by atoms with Crippen molar-refractivity contribution < 1.29 is 4.79 Å². The van der Waals surface area contributed by atoms with Crippen molar-refractivity contribution in [2.24, 2.45) is 10.9 Å². The standard InChI is InChI=1S/C21H32N4O.HI/c1-2-22-21(23-12-10-20(26)24-13-6-7-14-24)25-15-11-19(17-25)16-18-8-4-3-5-9-18;/h3-5,8-9,19H,2,6-7,10-17H2,1H3,(H,22,23);1H. The monoisotopic (exact) mass is 484 g/mol. The zero-order chi connectivity index (χ0) is 18.2. The fraction of sp³-hybridized carbons (Fsp3) is 0.619. The first kappa shape index (κ1) is 22.0. The van der Waals surface area contributed by atoms with E-state index >= 15 is 0 Å². The van der Waals surface area contributed by atoms with Crippen LogP contribution in [-0.4, -0.2) is 60.9 Å². The number of carbonyl (C=O) groups excluding carboxylic acids is 1. The van der Waals surface area contributed by atoms with Crippen molar-refractivity contribution in [2.45, 2.75) is 39.0 Å². The van der Waals surface area contributed by atoms with Crippen LogP contribution in [0.3, 0.4) is 0 Å². The third-order valence-electron chi connectivity index (χ3n) is 5.33. The molecule has 1 amide bonds. The molecule has 0 bridgehead atoms. The number of halogens is 1. The molecule has 27 heavy (non-hydrogen) atoms. The van der Waals surface area contributed by atoms with E-state index in [9.17, 15) is 4.79 Å². The predicted molar refractivity (Wildman–Crippen MR) is 122 cm³/mol. The Labute approximate surface area is 180 Å². The summed E-state index contributed by atoms with van der Waals surface area (Å²) in [6.45, 7) is 7.48. The van der Waals surface area contributed by atoms with Crippen LogP contribution in [0.5, 0.6) is 0 Å². The third-order valence-corrected chi connectivity index (χ3v) is 5.33. The number of carbonyl (C=O) groups is 1.